The molecule has 1 fully saturated rings. The number of rotatable bonds is 4. The van der Waals surface area contributed by atoms with Crippen molar-refractivity contribution in [2.24, 2.45) is 0 Å². The molecule has 1 aromatic rings. The molecule has 1 saturated heterocycles. The van der Waals surface area contributed by atoms with Crippen molar-refractivity contribution in [2.45, 2.75) is 52.2 Å². The van der Waals surface area contributed by atoms with E-state index in [-0.39, 0.29) is 11.7 Å². The van der Waals surface area contributed by atoms with E-state index >= 15 is 0 Å². The second-order valence-electron chi connectivity index (χ2n) is 6.39. The summed E-state index contributed by atoms with van der Waals surface area (Å²) in [5, 5.41) is 0. The van der Waals surface area contributed by atoms with Gasteiger partial charge < -0.3 is 14.2 Å². The van der Waals surface area contributed by atoms with Crippen molar-refractivity contribution >= 4 is 0 Å². The monoisotopic (exact) mass is 278 g/mol. The molecule has 0 amide bonds. The highest BCUT2D eigenvalue weighted by atomic mass is 16.7. The molecule has 112 valence electrons. The molecule has 20 heavy (non-hydrogen) atoms. The maximum atomic E-state index is 5.85. The molecule has 1 aromatic carbocycles. The molecule has 1 heterocycles. The lowest BCUT2D eigenvalue weighted by atomic mass is 9.86. The number of ether oxygens (including phenoxy) is 3. The van der Waals surface area contributed by atoms with Gasteiger partial charge in [0.25, 0.3) is 0 Å². The van der Waals surface area contributed by atoms with Gasteiger partial charge in [0, 0.05) is 6.42 Å². The van der Waals surface area contributed by atoms with Crippen molar-refractivity contribution in [2.75, 3.05) is 19.8 Å². The standard InChI is InChI=1S/C17H26O3/c1-13-12-14(17(2,3)4)6-7-15(13)18-11-8-16-19-9-5-10-20-16/h6-7,12,16H,5,8-11H2,1-4H3. The third-order valence-corrected chi connectivity index (χ3v) is 3.55. The zero-order valence-corrected chi connectivity index (χ0v) is 13.1. The van der Waals surface area contributed by atoms with E-state index < -0.39 is 0 Å². The summed E-state index contributed by atoms with van der Waals surface area (Å²) in [7, 11) is 0. The van der Waals surface area contributed by atoms with Gasteiger partial charge >= 0.3 is 0 Å². The minimum atomic E-state index is -0.0992. The Bertz CT molecular complexity index is 428. The zero-order valence-electron chi connectivity index (χ0n) is 13.1. The minimum absolute atomic E-state index is 0.0992. The van der Waals surface area contributed by atoms with Gasteiger partial charge in [-0.1, -0.05) is 32.9 Å². The van der Waals surface area contributed by atoms with Crippen LogP contribution in [-0.2, 0) is 14.9 Å². The molecular weight excluding hydrogens is 252 g/mol. The second kappa shape index (κ2) is 6.59. The lowest BCUT2D eigenvalue weighted by molar-refractivity contribution is -0.183. The third-order valence-electron chi connectivity index (χ3n) is 3.55. The first-order chi connectivity index (χ1) is 9.47. The summed E-state index contributed by atoms with van der Waals surface area (Å²) in [6, 6.07) is 6.43. The molecule has 0 N–H and O–H groups in total. The van der Waals surface area contributed by atoms with E-state index in [2.05, 4.69) is 45.9 Å². The SMILES string of the molecule is Cc1cc(C(C)(C)C)ccc1OCCC1OCCCO1. The van der Waals surface area contributed by atoms with E-state index in [9.17, 15) is 0 Å². The van der Waals surface area contributed by atoms with Crippen LogP contribution in [0.2, 0.25) is 0 Å². The first kappa shape index (κ1) is 15.3. The molecule has 0 aromatic heterocycles. The number of aryl methyl sites for hydroxylation is 1. The molecule has 0 unspecified atom stereocenters. The smallest absolute Gasteiger partial charge is 0.160 e. The Morgan fingerprint density at radius 3 is 2.50 bits per heavy atom. The molecule has 3 nitrogen and oxygen atoms in total. The molecule has 0 atom stereocenters. The maximum Gasteiger partial charge on any atom is 0.160 e. The van der Waals surface area contributed by atoms with Crippen LogP contribution in [0.4, 0.5) is 0 Å². The normalized spacial score (nSPS) is 17.2. The van der Waals surface area contributed by atoms with Gasteiger partial charge in [0.05, 0.1) is 19.8 Å². The van der Waals surface area contributed by atoms with E-state index in [1.165, 1.54) is 11.1 Å². The van der Waals surface area contributed by atoms with Crippen molar-refractivity contribution in [3.05, 3.63) is 29.3 Å². The van der Waals surface area contributed by atoms with Gasteiger partial charge in [-0.3, -0.25) is 0 Å². The van der Waals surface area contributed by atoms with Crippen molar-refractivity contribution in [1.29, 1.82) is 0 Å². The van der Waals surface area contributed by atoms with Gasteiger partial charge in [-0.25, -0.2) is 0 Å². The Kier molecular flexibility index (Phi) is 5.06. The Labute approximate surface area is 122 Å². The molecule has 0 aliphatic carbocycles. The first-order valence-electron chi connectivity index (χ1n) is 7.44. The van der Waals surface area contributed by atoms with Crippen molar-refractivity contribution in [3.63, 3.8) is 0 Å². The highest BCUT2D eigenvalue weighted by Gasteiger charge is 2.16. The average molecular weight is 278 g/mol. The molecule has 0 bridgehead atoms. The van der Waals surface area contributed by atoms with Crippen LogP contribution < -0.4 is 4.74 Å². The predicted molar refractivity (Wildman–Crippen MR) is 80.3 cm³/mol. The summed E-state index contributed by atoms with van der Waals surface area (Å²) in [4.78, 5) is 0. The van der Waals surface area contributed by atoms with Gasteiger partial charge in [0.2, 0.25) is 0 Å². The van der Waals surface area contributed by atoms with Crippen LogP contribution in [0.1, 0.15) is 44.7 Å². The highest BCUT2D eigenvalue weighted by molar-refractivity contribution is 5.38. The summed E-state index contributed by atoms with van der Waals surface area (Å²) < 4.78 is 16.9. The van der Waals surface area contributed by atoms with E-state index in [0.717, 1.165) is 31.8 Å². The minimum Gasteiger partial charge on any atom is -0.493 e. The third kappa shape index (κ3) is 4.22. The van der Waals surface area contributed by atoms with Crippen LogP contribution in [-0.4, -0.2) is 26.1 Å². The fraction of sp³-hybridized carbons (Fsp3) is 0.647. The van der Waals surface area contributed by atoms with Gasteiger partial charge in [-0.15, -0.1) is 0 Å². The molecule has 2 rings (SSSR count). The van der Waals surface area contributed by atoms with Crippen LogP contribution in [0.15, 0.2) is 18.2 Å². The molecule has 1 aliphatic heterocycles. The van der Waals surface area contributed by atoms with Crippen LogP contribution >= 0.6 is 0 Å². The largest absolute Gasteiger partial charge is 0.493 e. The molecule has 3 heteroatoms. The molecule has 0 radical (unpaired) electrons. The summed E-state index contributed by atoms with van der Waals surface area (Å²) in [6.45, 7) is 11.0. The van der Waals surface area contributed by atoms with Gasteiger partial charge in [-0.05, 0) is 36.0 Å². The van der Waals surface area contributed by atoms with Crippen molar-refractivity contribution < 1.29 is 14.2 Å². The van der Waals surface area contributed by atoms with Gasteiger partial charge in [0.15, 0.2) is 6.29 Å². The van der Waals surface area contributed by atoms with E-state index in [4.69, 9.17) is 14.2 Å². The topological polar surface area (TPSA) is 27.7 Å². The van der Waals surface area contributed by atoms with Crippen LogP contribution in [0.5, 0.6) is 5.75 Å². The first-order valence-corrected chi connectivity index (χ1v) is 7.44. The quantitative estimate of drug-likeness (QED) is 0.838. The van der Waals surface area contributed by atoms with Crippen LogP contribution in [0.25, 0.3) is 0 Å². The number of hydrogen-bond donors (Lipinski definition) is 0. The summed E-state index contributed by atoms with van der Waals surface area (Å²) >= 11 is 0. The molecule has 0 saturated carbocycles. The highest BCUT2D eigenvalue weighted by Crippen LogP contribution is 2.27. The number of hydrogen-bond acceptors (Lipinski definition) is 3. The predicted octanol–water partition coefficient (Wildman–Crippen LogP) is 3.82. The fourth-order valence-corrected chi connectivity index (χ4v) is 2.25. The Morgan fingerprint density at radius 2 is 1.90 bits per heavy atom. The summed E-state index contributed by atoms with van der Waals surface area (Å²) in [5.41, 5.74) is 2.69. The molecular formula is C17H26O3. The Balaban J connectivity index is 1.86. The maximum absolute atomic E-state index is 5.85. The Hall–Kier alpha value is -1.06. The molecule has 0 spiro atoms. The average Bonchev–Trinajstić information content (AvgIpc) is 2.40. The van der Waals surface area contributed by atoms with Crippen LogP contribution in [0.3, 0.4) is 0 Å². The van der Waals surface area contributed by atoms with Gasteiger partial charge in [0.1, 0.15) is 5.75 Å². The van der Waals surface area contributed by atoms with E-state index in [1.807, 2.05) is 0 Å². The second-order valence-corrected chi connectivity index (χ2v) is 6.39. The van der Waals surface area contributed by atoms with Gasteiger partial charge in [-0.2, -0.15) is 0 Å². The lowest BCUT2D eigenvalue weighted by Gasteiger charge is -2.23. The van der Waals surface area contributed by atoms with Crippen molar-refractivity contribution in [1.82, 2.24) is 0 Å². The summed E-state index contributed by atoms with van der Waals surface area (Å²) in [6.07, 6.45) is 1.67. The van der Waals surface area contributed by atoms with Crippen LogP contribution in [0, 0.1) is 6.92 Å². The lowest BCUT2D eigenvalue weighted by Crippen LogP contribution is -2.26. The molecule has 1 aliphatic rings. The zero-order chi connectivity index (χ0) is 14.6. The Morgan fingerprint density at radius 1 is 1.20 bits per heavy atom. The van der Waals surface area contributed by atoms with E-state index in [1.54, 1.807) is 0 Å². The summed E-state index contributed by atoms with van der Waals surface area (Å²) in [5.74, 6) is 0.953. The van der Waals surface area contributed by atoms with E-state index in [0.29, 0.717) is 6.61 Å². The number of benzene rings is 1. The van der Waals surface area contributed by atoms with Crippen molar-refractivity contribution in [3.8, 4) is 5.75 Å². The fourth-order valence-electron chi connectivity index (χ4n) is 2.25.